The maximum atomic E-state index is 14.4. The maximum Gasteiger partial charge on any atom is 0.414 e. The first-order valence-electron chi connectivity index (χ1n) is 8.21. The Labute approximate surface area is 154 Å². The highest BCUT2D eigenvalue weighted by Crippen LogP contribution is 2.30. The molecule has 1 aliphatic rings. The van der Waals surface area contributed by atoms with Gasteiger partial charge in [0.05, 0.1) is 18.8 Å². The number of ether oxygens (including phenoxy) is 2. The third-order valence-electron chi connectivity index (χ3n) is 3.92. The van der Waals surface area contributed by atoms with Crippen LogP contribution in [0.4, 0.5) is 14.9 Å². The highest BCUT2D eigenvalue weighted by atomic mass is 19.1. The third kappa shape index (κ3) is 4.41. The van der Waals surface area contributed by atoms with E-state index in [-0.39, 0.29) is 24.7 Å². The van der Waals surface area contributed by atoms with E-state index in [9.17, 15) is 18.8 Å². The minimum atomic E-state index is -0.648. The van der Waals surface area contributed by atoms with E-state index in [0.717, 1.165) is 0 Å². The minimum absolute atomic E-state index is 0.0139. The van der Waals surface area contributed by atoms with E-state index in [2.05, 4.69) is 5.32 Å². The smallest absolute Gasteiger partial charge is 0.414 e. The van der Waals surface area contributed by atoms with Crippen LogP contribution >= 0.6 is 0 Å². The van der Waals surface area contributed by atoms with Gasteiger partial charge in [-0.2, -0.15) is 0 Å². The third-order valence-corrected chi connectivity index (χ3v) is 3.92. The first-order chi connectivity index (χ1) is 13.0. The Hall–Kier alpha value is -3.42. The van der Waals surface area contributed by atoms with Crippen molar-refractivity contribution < 1.29 is 28.2 Å². The van der Waals surface area contributed by atoms with Crippen molar-refractivity contribution in [3.05, 3.63) is 53.8 Å². The van der Waals surface area contributed by atoms with E-state index in [1.807, 2.05) is 0 Å². The molecule has 7 nitrogen and oxygen atoms in total. The Bertz CT molecular complexity index is 869. The lowest BCUT2D eigenvalue weighted by atomic mass is 10.2. The molecule has 0 spiro atoms. The summed E-state index contributed by atoms with van der Waals surface area (Å²) in [6.45, 7) is 1.76. The average molecular weight is 372 g/mol. The van der Waals surface area contributed by atoms with Crippen LogP contribution in [-0.2, 0) is 9.53 Å². The van der Waals surface area contributed by atoms with Gasteiger partial charge in [0.1, 0.15) is 18.1 Å². The van der Waals surface area contributed by atoms with Gasteiger partial charge in [-0.25, -0.2) is 9.18 Å². The predicted octanol–water partition coefficient (Wildman–Crippen LogP) is 2.89. The molecule has 140 valence electrons. The fourth-order valence-corrected chi connectivity index (χ4v) is 2.58. The van der Waals surface area contributed by atoms with Crippen LogP contribution in [0.3, 0.4) is 0 Å². The molecule has 2 amide bonds. The summed E-state index contributed by atoms with van der Waals surface area (Å²) in [6.07, 6.45) is -0.410. The Kier molecular flexibility index (Phi) is 5.35. The van der Waals surface area contributed by atoms with Crippen molar-refractivity contribution in [1.82, 2.24) is 5.32 Å². The number of carbonyl (C=O) groups is 3. The molecule has 8 heteroatoms. The Morgan fingerprint density at radius 2 is 2.07 bits per heavy atom. The molecule has 0 saturated carbocycles. The number of rotatable bonds is 6. The van der Waals surface area contributed by atoms with E-state index in [4.69, 9.17) is 9.47 Å². The molecule has 1 aliphatic heterocycles. The Morgan fingerprint density at radius 3 is 2.70 bits per heavy atom. The summed E-state index contributed by atoms with van der Waals surface area (Å²) < 4.78 is 25.0. The summed E-state index contributed by atoms with van der Waals surface area (Å²) >= 11 is 0. The number of nitrogens with zero attached hydrogens (tertiary/aromatic N) is 1. The lowest BCUT2D eigenvalue weighted by Gasteiger charge is -2.14. The van der Waals surface area contributed by atoms with Gasteiger partial charge in [-0.1, -0.05) is 0 Å². The van der Waals surface area contributed by atoms with Crippen LogP contribution in [0.15, 0.2) is 42.5 Å². The normalized spacial score (nSPS) is 16.0. The number of hydrogen-bond donors (Lipinski definition) is 1. The SMILES string of the molecule is CC(=O)NCC1CN(c2ccc(Oc3ccc(C=O)cc3)c(F)c2)C(=O)O1. The van der Waals surface area contributed by atoms with Gasteiger partial charge < -0.3 is 14.8 Å². The monoisotopic (exact) mass is 372 g/mol. The second kappa shape index (κ2) is 7.86. The van der Waals surface area contributed by atoms with Gasteiger partial charge in [0.2, 0.25) is 5.91 Å². The molecule has 2 aromatic carbocycles. The first-order valence-corrected chi connectivity index (χ1v) is 8.21. The van der Waals surface area contributed by atoms with Crippen molar-refractivity contribution in [2.45, 2.75) is 13.0 Å². The number of hydrogen-bond acceptors (Lipinski definition) is 5. The molecule has 1 saturated heterocycles. The zero-order chi connectivity index (χ0) is 19.4. The Balaban J connectivity index is 1.69. The van der Waals surface area contributed by atoms with Gasteiger partial charge in [-0.3, -0.25) is 14.5 Å². The predicted molar refractivity (Wildman–Crippen MR) is 94.6 cm³/mol. The average Bonchev–Trinajstić information content (AvgIpc) is 3.03. The van der Waals surface area contributed by atoms with Crippen LogP contribution in [0.5, 0.6) is 11.5 Å². The van der Waals surface area contributed by atoms with E-state index in [0.29, 0.717) is 23.3 Å². The van der Waals surface area contributed by atoms with Crippen LogP contribution in [0, 0.1) is 5.82 Å². The molecule has 1 unspecified atom stereocenters. The summed E-state index contributed by atoms with van der Waals surface area (Å²) in [4.78, 5) is 34.9. The van der Waals surface area contributed by atoms with Crippen molar-refractivity contribution >= 4 is 24.0 Å². The lowest BCUT2D eigenvalue weighted by Crippen LogP contribution is -2.33. The Morgan fingerprint density at radius 1 is 1.33 bits per heavy atom. The van der Waals surface area contributed by atoms with Crippen LogP contribution in [-0.4, -0.2) is 37.5 Å². The summed E-state index contributed by atoms with van der Waals surface area (Å²) in [5.41, 5.74) is 0.811. The summed E-state index contributed by atoms with van der Waals surface area (Å²) in [5, 5.41) is 2.58. The number of aldehydes is 1. The zero-order valence-corrected chi connectivity index (χ0v) is 14.5. The number of halogens is 1. The topological polar surface area (TPSA) is 84.9 Å². The van der Waals surface area contributed by atoms with E-state index < -0.39 is 18.0 Å². The highest BCUT2D eigenvalue weighted by Gasteiger charge is 2.32. The molecule has 3 rings (SSSR count). The number of nitrogens with one attached hydrogen (secondary N) is 1. The van der Waals surface area contributed by atoms with Crippen LogP contribution in [0.1, 0.15) is 17.3 Å². The largest absolute Gasteiger partial charge is 0.454 e. The van der Waals surface area contributed by atoms with Crippen LogP contribution in [0.25, 0.3) is 0 Å². The number of anilines is 1. The number of amides is 2. The van der Waals surface area contributed by atoms with Crippen molar-refractivity contribution in [3.63, 3.8) is 0 Å². The lowest BCUT2D eigenvalue weighted by molar-refractivity contribution is -0.119. The van der Waals surface area contributed by atoms with E-state index in [1.54, 1.807) is 30.3 Å². The molecule has 1 heterocycles. The molecule has 2 aromatic rings. The molecule has 1 N–H and O–H groups in total. The first kappa shape index (κ1) is 18.4. The minimum Gasteiger partial charge on any atom is -0.454 e. The standard InChI is InChI=1S/C19H17FN2O5/c1-12(24)21-9-16-10-22(19(25)27-16)14-4-7-18(17(20)8-14)26-15-5-2-13(11-23)3-6-15/h2-8,11,16H,9-10H2,1H3,(H,21,24). The second-order valence-corrected chi connectivity index (χ2v) is 5.96. The van der Waals surface area contributed by atoms with Gasteiger partial charge in [0.15, 0.2) is 11.6 Å². The molecule has 0 aromatic heterocycles. The quantitative estimate of drug-likeness (QED) is 0.788. The molecular formula is C19H17FN2O5. The molecule has 0 radical (unpaired) electrons. The molecule has 0 aliphatic carbocycles. The molecule has 27 heavy (non-hydrogen) atoms. The number of benzene rings is 2. The van der Waals surface area contributed by atoms with Crippen molar-refractivity contribution in [3.8, 4) is 11.5 Å². The number of carbonyl (C=O) groups excluding carboxylic acids is 3. The molecule has 0 bridgehead atoms. The van der Waals surface area contributed by atoms with Gasteiger partial charge in [0, 0.05) is 18.6 Å². The van der Waals surface area contributed by atoms with Gasteiger partial charge >= 0.3 is 6.09 Å². The molecular weight excluding hydrogens is 355 g/mol. The highest BCUT2D eigenvalue weighted by molar-refractivity contribution is 5.90. The summed E-state index contributed by atoms with van der Waals surface area (Å²) in [6, 6.07) is 10.4. The molecule has 1 fully saturated rings. The summed E-state index contributed by atoms with van der Waals surface area (Å²) in [5.74, 6) is -0.508. The van der Waals surface area contributed by atoms with Crippen molar-refractivity contribution in [2.24, 2.45) is 0 Å². The second-order valence-electron chi connectivity index (χ2n) is 5.96. The summed E-state index contributed by atoms with van der Waals surface area (Å²) in [7, 11) is 0. The van der Waals surface area contributed by atoms with E-state index in [1.165, 1.54) is 24.0 Å². The maximum absolute atomic E-state index is 14.4. The van der Waals surface area contributed by atoms with Crippen LogP contribution in [0.2, 0.25) is 0 Å². The molecule has 1 atom stereocenters. The van der Waals surface area contributed by atoms with Gasteiger partial charge in [-0.05, 0) is 36.4 Å². The van der Waals surface area contributed by atoms with Gasteiger partial charge in [0.25, 0.3) is 0 Å². The fourth-order valence-electron chi connectivity index (χ4n) is 2.58. The zero-order valence-electron chi connectivity index (χ0n) is 14.5. The van der Waals surface area contributed by atoms with E-state index >= 15 is 0 Å². The fraction of sp³-hybridized carbons (Fsp3) is 0.211. The number of cyclic esters (lactones) is 1. The van der Waals surface area contributed by atoms with Crippen molar-refractivity contribution in [2.75, 3.05) is 18.0 Å². The van der Waals surface area contributed by atoms with Crippen LogP contribution < -0.4 is 15.0 Å². The van der Waals surface area contributed by atoms with Crippen molar-refractivity contribution in [1.29, 1.82) is 0 Å². The van der Waals surface area contributed by atoms with Gasteiger partial charge in [-0.15, -0.1) is 0 Å².